The van der Waals surface area contributed by atoms with E-state index < -0.39 is 16.1 Å². The lowest BCUT2D eigenvalue weighted by Crippen LogP contribution is -2.41. The molecule has 0 saturated carbocycles. The number of nitrogens with one attached hydrogen (secondary N) is 1. The number of ketones is 1. The van der Waals surface area contributed by atoms with Crippen LogP contribution in [-0.4, -0.2) is 26.0 Å². The molecule has 0 aliphatic carbocycles. The fourth-order valence-corrected chi connectivity index (χ4v) is 1.93. The first-order chi connectivity index (χ1) is 6.28. The first kappa shape index (κ1) is 13.6. The minimum absolute atomic E-state index is 0.00880. The number of Topliss-reactive ketones (excluding diaryl/α,β-unsaturated/α-hetero) is 1. The standard InChI is InChI=1S/C9H19NO3S/c1-5-14(12,13)10-9(8(4)11)6-7(2)3/h7,9-10H,5-6H2,1-4H3/t9-/m1/s1. The Morgan fingerprint density at radius 2 is 1.86 bits per heavy atom. The molecule has 0 aliphatic rings. The summed E-state index contributed by atoms with van der Waals surface area (Å²) in [4.78, 5) is 11.1. The first-order valence-electron chi connectivity index (χ1n) is 4.79. The van der Waals surface area contributed by atoms with Crippen molar-refractivity contribution in [3.63, 3.8) is 0 Å². The predicted molar refractivity (Wildman–Crippen MR) is 56.5 cm³/mol. The molecule has 0 aliphatic heterocycles. The summed E-state index contributed by atoms with van der Waals surface area (Å²) in [5.74, 6) is 0.175. The Kier molecular flexibility index (Phi) is 5.29. The lowest BCUT2D eigenvalue weighted by molar-refractivity contribution is -0.118. The van der Waals surface area contributed by atoms with Gasteiger partial charge in [-0.15, -0.1) is 0 Å². The number of sulfonamides is 1. The maximum Gasteiger partial charge on any atom is 0.211 e. The summed E-state index contributed by atoms with van der Waals surface area (Å²) in [6.45, 7) is 6.87. The van der Waals surface area contributed by atoms with Crippen molar-refractivity contribution in [1.82, 2.24) is 4.72 Å². The molecule has 1 atom stereocenters. The zero-order chi connectivity index (χ0) is 11.4. The molecule has 0 unspecified atom stereocenters. The molecule has 0 bridgehead atoms. The largest absolute Gasteiger partial charge is 0.298 e. The van der Waals surface area contributed by atoms with E-state index in [4.69, 9.17) is 0 Å². The SMILES string of the molecule is CCS(=O)(=O)N[C@H](CC(C)C)C(C)=O. The Morgan fingerprint density at radius 1 is 1.36 bits per heavy atom. The third-order valence-corrected chi connectivity index (χ3v) is 3.30. The normalized spacial score (nSPS) is 14.4. The zero-order valence-corrected chi connectivity index (χ0v) is 10.0. The van der Waals surface area contributed by atoms with Crippen molar-refractivity contribution in [2.75, 3.05) is 5.75 Å². The average Bonchev–Trinajstić information content (AvgIpc) is 2.02. The number of carbonyl (C=O) groups excluding carboxylic acids is 1. The van der Waals surface area contributed by atoms with Crippen LogP contribution in [0.4, 0.5) is 0 Å². The summed E-state index contributed by atoms with van der Waals surface area (Å²) in [5.41, 5.74) is 0. The quantitative estimate of drug-likeness (QED) is 0.725. The van der Waals surface area contributed by atoms with Gasteiger partial charge in [0.2, 0.25) is 10.0 Å². The smallest absolute Gasteiger partial charge is 0.211 e. The van der Waals surface area contributed by atoms with Crippen molar-refractivity contribution in [3.8, 4) is 0 Å². The molecular formula is C9H19NO3S. The van der Waals surface area contributed by atoms with Crippen molar-refractivity contribution < 1.29 is 13.2 Å². The molecule has 1 N–H and O–H groups in total. The Bertz CT molecular complexity index is 282. The summed E-state index contributed by atoms with van der Waals surface area (Å²) in [6, 6.07) is -0.569. The molecule has 5 heteroatoms. The van der Waals surface area contributed by atoms with Gasteiger partial charge >= 0.3 is 0 Å². The van der Waals surface area contributed by atoms with Crippen molar-refractivity contribution in [2.24, 2.45) is 5.92 Å². The van der Waals surface area contributed by atoms with Crippen LogP contribution in [0, 0.1) is 5.92 Å². The first-order valence-corrected chi connectivity index (χ1v) is 6.44. The van der Waals surface area contributed by atoms with Crippen molar-refractivity contribution in [1.29, 1.82) is 0 Å². The summed E-state index contributed by atoms with van der Waals surface area (Å²) >= 11 is 0. The molecular weight excluding hydrogens is 202 g/mol. The number of carbonyl (C=O) groups is 1. The fourth-order valence-electron chi connectivity index (χ4n) is 1.07. The number of rotatable bonds is 6. The lowest BCUT2D eigenvalue weighted by atomic mass is 10.0. The molecule has 0 aromatic rings. The van der Waals surface area contributed by atoms with E-state index in [2.05, 4.69) is 4.72 Å². The Morgan fingerprint density at radius 3 is 2.14 bits per heavy atom. The highest BCUT2D eigenvalue weighted by atomic mass is 32.2. The van der Waals surface area contributed by atoms with E-state index in [1.165, 1.54) is 6.92 Å². The zero-order valence-electron chi connectivity index (χ0n) is 9.20. The number of hydrogen-bond donors (Lipinski definition) is 1. The van der Waals surface area contributed by atoms with Gasteiger partial charge in [-0.2, -0.15) is 0 Å². The van der Waals surface area contributed by atoms with E-state index >= 15 is 0 Å². The van der Waals surface area contributed by atoms with Crippen LogP contribution in [0.15, 0.2) is 0 Å². The molecule has 0 radical (unpaired) electrons. The van der Waals surface area contributed by atoms with Gasteiger partial charge in [-0.05, 0) is 26.2 Å². The third kappa shape index (κ3) is 5.34. The minimum atomic E-state index is -3.28. The van der Waals surface area contributed by atoms with Crippen LogP contribution in [0.25, 0.3) is 0 Å². The lowest BCUT2D eigenvalue weighted by Gasteiger charge is -2.17. The molecule has 0 fully saturated rings. The van der Waals surface area contributed by atoms with Gasteiger partial charge in [0.15, 0.2) is 0 Å². The second-order valence-electron chi connectivity index (χ2n) is 3.81. The Hall–Kier alpha value is -0.420. The molecule has 0 heterocycles. The average molecular weight is 221 g/mol. The molecule has 4 nitrogen and oxygen atoms in total. The summed E-state index contributed by atoms with van der Waals surface area (Å²) in [7, 11) is -3.28. The minimum Gasteiger partial charge on any atom is -0.298 e. The van der Waals surface area contributed by atoms with E-state index in [-0.39, 0.29) is 11.5 Å². The van der Waals surface area contributed by atoms with E-state index in [0.717, 1.165) is 0 Å². The molecule has 0 aromatic carbocycles. The highest BCUT2D eigenvalue weighted by Gasteiger charge is 2.20. The van der Waals surface area contributed by atoms with Crippen LogP contribution in [-0.2, 0) is 14.8 Å². The summed E-state index contributed by atoms with van der Waals surface area (Å²) in [5, 5.41) is 0. The van der Waals surface area contributed by atoms with Gasteiger partial charge in [-0.25, -0.2) is 13.1 Å². The van der Waals surface area contributed by atoms with E-state index in [1.807, 2.05) is 13.8 Å². The van der Waals surface area contributed by atoms with E-state index in [1.54, 1.807) is 6.92 Å². The highest BCUT2D eigenvalue weighted by Crippen LogP contribution is 2.06. The van der Waals surface area contributed by atoms with Crippen LogP contribution >= 0.6 is 0 Å². The fraction of sp³-hybridized carbons (Fsp3) is 0.889. The molecule has 0 saturated heterocycles. The summed E-state index contributed by atoms with van der Waals surface area (Å²) < 4.78 is 24.9. The van der Waals surface area contributed by atoms with Gasteiger partial charge in [0.05, 0.1) is 11.8 Å². The topological polar surface area (TPSA) is 63.2 Å². The predicted octanol–water partition coefficient (Wildman–Crippen LogP) is 0.929. The van der Waals surface area contributed by atoms with Gasteiger partial charge in [0, 0.05) is 0 Å². The van der Waals surface area contributed by atoms with E-state index in [0.29, 0.717) is 12.3 Å². The van der Waals surface area contributed by atoms with Gasteiger partial charge in [-0.3, -0.25) is 4.79 Å². The summed E-state index contributed by atoms with van der Waals surface area (Å²) in [6.07, 6.45) is 0.550. The Labute approximate surface area is 86.1 Å². The Balaban J connectivity index is 4.46. The molecule has 0 amide bonds. The third-order valence-electron chi connectivity index (χ3n) is 1.90. The van der Waals surface area contributed by atoms with Crippen LogP contribution < -0.4 is 4.72 Å². The molecule has 0 rings (SSSR count). The van der Waals surface area contributed by atoms with Gasteiger partial charge in [-0.1, -0.05) is 13.8 Å². The second-order valence-corrected chi connectivity index (χ2v) is 5.86. The van der Waals surface area contributed by atoms with Crippen molar-refractivity contribution in [2.45, 2.75) is 40.2 Å². The number of hydrogen-bond acceptors (Lipinski definition) is 3. The maximum absolute atomic E-state index is 11.2. The molecule has 0 aromatic heterocycles. The van der Waals surface area contributed by atoms with Crippen LogP contribution in [0.1, 0.15) is 34.1 Å². The van der Waals surface area contributed by atoms with Gasteiger partial charge in [0.1, 0.15) is 5.78 Å². The highest BCUT2D eigenvalue weighted by molar-refractivity contribution is 7.89. The van der Waals surface area contributed by atoms with Gasteiger partial charge in [0.25, 0.3) is 0 Å². The monoisotopic (exact) mass is 221 g/mol. The maximum atomic E-state index is 11.2. The van der Waals surface area contributed by atoms with Crippen LogP contribution in [0.2, 0.25) is 0 Å². The molecule has 84 valence electrons. The van der Waals surface area contributed by atoms with E-state index in [9.17, 15) is 13.2 Å². The van der Waals surface area contributed by atoms with Crippen LogP contribution in [0.3, 0.4) is 0 Å². The second kappa shape index (κ2) is 5.46. The van der Waals surface area contributed by atoms with Crippen LogP contribution in [0.5, 0.6) is 0 Å². The van der Waals surface area contributed by atoms with Crippen molar-refractivity contribution in [3.05, 3.63) is 0 Å². The molecule has 14 heavy (non-hydrogen) atoms. The van der Waals surface area contributed by atoms with Gasteiger partial charge < -0.3 is 0 Å². The van der Waals surface area contributed by atoms with Crippen molar-refractivity contribution >= 4 is 15.8 Å². The molecule has 0 spiro atoms.